The molecule has 162 valence electrons. The zero-order valence-corrected chi connectivity index (χ0v) is 17.8. The number of aromatic amines is 1. The average Bonchev–Trinajstić information content (AvgIpc) is 3.21. The predicted molar refractivity (Wildman–Crippen MR) is 122 cm³/mol. The fourth-order valence-electron chi connectivity index (χ4n) is 4.34. The van der Waals surface area contributed by atoms with Crippen molar-refractivity contribution >= 4 is 28.6 Å². The van der Waals surface area contributed by atoms with Gasteiger partial charge in [0.1, 0.15) is 6.04 Å². The number of para-hydroxylation sites is 2. The maximum Gasteiger partial charge on any atom is 0.326 e. The lowest BCUT2D eigenvalue weighted by Gasteiger charge is -2.37. The van der Waals surface area contributed by atoms with Crippen LogP contribution in [0.25, 0.3) is 10.9 Å². The molecule has 0 saturated carbocycles. The summed E-state index contributed by atoms with van der Waals surface area (Å²) in [5.74, 6) is -1.42. The number of fused-ring (bicyclic) bond motifs is 1. The number of carboxylic acids is 1. The first kappa shape index (κ1) is 20.8. The molecule has 3 aromatic rings. The van der Waals surface area contributed by atoms with E-state index in [1.807, 2.05) is 49.5 Å². The van der Waals surface area contributed by atoms with E-state index in [4.69, 9.17) is 0 Å². The number of H-pyrrole nitrogens is 1. The van der Waals surface area contributed by atoms with Crippen molar-refractivity contribution in [2.45, 2.75) is 25.8 Å². The number of piperazine rings is 1. The summed E-state index contributed by atoms with van der Waals surface area (Å²) < 4.78 is 0. The largest absolute Gasteiger partial charge is 0.480 e. The third-order valence-corrected chi connectivity index (χ3v) is 6.18. The maximum absolute atomic E-state index is 12.9. The number of hydrogen-bond acceptors (Lipinski definition) is 3. The van der Waals surface area contributed by atoms with E-state index in [9.17, 15) is 14.7 Å². The van der Waals surface area contributed by atoms with Crippen LogP contribution in [0.15, 0.2) is 54.7 Å². The molecule has 2 aromatic carbocycles. The van der Waals surface area contributed by atoms with Crippen LogP contribution >= 0.6 is 0 Å². The molecule has 0 bridgehead atoms. The Kier molecular flexibility index (Phi) is 5.84. The first-order valence-corrected chi connectivity index (χ1v) is 10.6. The number of amides is 2. The third-order valence-electron chi connectivity index (χ3n) is 6.18. The van der Waals surface area contributed by atoms with E-state index in [0.29, 0.717) is 26.2 Å². The van der Waals surface area contributed by atoms with Gasteiger partial charge in [0.2, 0.25) is 0 Å². The highest BCUT2D eigenvalue weighted by Gasteiger charge is 2.31. The minimum Gasteiger partial charge on any atom is -0.480 e. The van der Waals surface area contributed by atoms with Crippen molar-refractivity contribution in [1.29, 1.82) is 0 Å². The van der Waals surface area contributed by atoms with Crippen LogP contribution in [0.4, 0.5) is 10.5 Å². The van der Waals surface area contributed by atoms with Gasteiger partial charge >= 0.3 is 12.0 Å². The highest BCUT2D eigenvalue weighted by atomic mass is 16.4. The monoisotopic (exact) mass is 420 g/mol. The molecule has 2 amide bonds. The van der Waals surface area contributed by atoms with Gasteiger partial charge in [-0.05, 0) is 30.2 Å². The second kappa shape index (κ2) is 8.71. The highest BCUT2D eigenvalue weighted by Crippen LogP contribution is 2.28. The Morgan fingerprint density at radius 2 is 1.71 bits per heavy atom. The smallest absolute Gasteiger partial charge is 0.326 e. The number of benzene rings is 2. The second-order valence-electron chi connectivity index (χ2n) is 8.10. The van der Waals surface area contributed by atoms with Crippen LogP contribution in [0, 0.1) is 6.92 Å². The van der Waals surface area contributed by atoms with Crippen LogP contribution in [-0.2, 0) is 4.79 Å². The van der Waals surface area contributed by atoms with Crippen LogP contribution in [0.1, 0.15) is 24.0 Å². The average molecular weight is 421 g/mol. The third kappa shape index (κ3) is 4.21. The van der Waals surface area contributed by atoms with Crippen molar-refractivity contribution in [2.75, 3.05) is 31.1 Å². The van der Waals surface area contributed by atoms with Crippen molar-refractivity contribution in [3.8, 4) is 0 Å². The number of carbonyl (C=O) groups is 2. The van der Waals surface area contributed by atoms with E-state index < -0.39 is 12.0 Å². The predicted octanol–water partition coefficient (Wildman–Crippen LogP) is 3.56. The van der Waals surface area contributed by atoms with E-state index in [0.717, 1.165) is 16.5 Å². The molecule has 31 heavy (non-hydrogen) atoms. The number of nitrogens with zero attached hydrogens (tertiary/aromatic N) is 2. The van der Waals surface area contributed by atoms with E-state index in [1.54, 1.807) is 4.90 Å². The summed E-state index contributed by atoms with van der Waals surface area (Å²) in [5.41, 5.74) is 4.22. The van der Waals surface area contributed by atoms with Gasteiger partial charge in [-0.2, -0.15) is 0 Å². The molecule has 1 aliphatic heterocycles. The molecule has 2 heterocycles. The summed E-state index contributed by atoms with van der Waals surface area (Å²) in [6.45, 7) is 6.45. The molecule has 0 radical (unpaired) electrons. The minimum atomic E-state index is -1.04. The number of carbonyl (C=O) groups excluding carboxylic acids is 1. The quantitative estimate of drug-likeness (QED) is 0.589. The van der Waals surface area contributed by atoms with Gasteiger partial charge in [0.15, 0.2) is 0 Å². The molecule has 4 rings (SSSR count). The molecule has 0 spiro atoms. The molecule has 1 aromatic heterocycles. The molecule has 3 N–H and O–H groups in total. The second-order valence-corrected chi connectivity index (χ2v) is 8.10. The van der Waals surface area contributed by atoms with Crippen LogP contribution in [-0.4, -0.2) is 59.2 Å². The molecule has 1 saturated heterocycles. The van der Waals surface area contributed by atoms with Crippen molar-refractivity contribution in [3.63, 3.8) is 0 Å². The summed E-state index contributed by atoms with van der Waals surface area (Å²) in [4.78, 5) is 32.0. The summed E-state index contributed by atoms with van der Waals surface area (Å²) in [7, 11) is 0. The zero-order chi connectivity index (χ0) is 22.0. The number of carboxylic acid groups (broad SMARTS) is 1. The van der Waals surface area contributed by atoms with Gasteiger partial charge in [-0.1, -0.05) is 43.3 Å². The number of nitrogens with one attached hydrogen (secondary N) is 2. The molecular weight excluding hydrogens is 392 g/mol. The summed E-state index contributed by atoms with van der Waals surface area (Å²) in [5, 5.41) is 13.6. The number of rotatable bonds is 5. The molecule has 0 unspecified atom stereocenters. The fraction of sp³-hybridized carbons (Fsp3) is 0.333. The van der Waals surface area contributed by atoms with E-state index >= 15 is 0 Å². The SMILES string of the molecule is Cc1ccccc1N1CCN(C(=O)N[C@@H](C(=O)O)[C@@H](C)c2c[nH]c3ccccc23)CC1. The lowest BCUT2D eigenvalue weighted by atomic mass is 9.93. The lowest BCUT2D eigenvalue weighted by Crippen LogP contribution is -2.55. The Morgan fingerprint density at radius 3 is 2.42 bits per heavy atom. The molecule has 0 aliphatic carbocycles. The zero-order valence-electron chi connectivity index (χ0n) is 17.8. The molecule has 1 aliphatic rings. The van der Waals surface area contributed by atoms with Gasteiger partial charge in [-0.3, -0.25) is 0 Å². The number of aromatic nitrogens is 1. The van der Waals surface area contributed by atoms with Crippen LogP contribution < -0.4 is 10.2 Å². The summed E-state index contributed by atoms with van der Waals surface area (Å²) in [6.07, 6.45) is 1.83. The molecule has 2 atom stereocenters. The molecule has 7 nitrogen and oxygen atoms in total. The Morgan fingerprint density at radius 1 is 1.03 bits per heavy atom. The van der Waals surface area contributed by atoms with Crippen molar-refractivity contribution in [2.24, 2.45) is 0 Å². The summed E-state index contributed by atoms with van der Waals surface area (Å²) in [6, 6.07) is 14.6. The Bertz CT molecular complexity index is 1090. The maximum atomic E-state index is 12.9. The normalized spacial score (nSPS) is 16.2. The Balaban J connectivity index is 1.42. The fourth-order valence-corrected chi connectivity index (χ4v) is 4.34. The topological polar surface area (TPSA) is 88.7 Å². The highest BCUT2D eigenvalue weighted by molar-refractivity contribution is 5.87. The van der Waals surface area contributed by atoms with Gasteiger partial charge < -0.3 is 25.2 Å². The van der Waals surface area contributed by atoms with E-state index in [-0.39, 0.29) is 11.9 Å². The Hall–Kier alpha value is -3.48. The molecule has 7 heteroatoms. The Labute approximate surface area is 181 Å². The first-order valence-electron chi connectivity index (χ1n) is 10.6. The number of anilines is 1. The first-order chi connectivity index (χ1) is 15.0. The van der Waals surface area contributed by atoms with E-state index in [1.165, 1.54) is 11.3 Å². The van der Waals surface area contributed by atoms with Crippen LogP contribution in [0.5, 0.6) is 0 Å². The van der Waals surface area contributed by atoms with Crippen molar-refractivity contribution in [1.82, 2.24) is 15.2 Å². The van der Waals surface area contributed by atoms with Crippen LogP contribution in [0.3, 0.4) is 0 Å². The van der Waals surface area contributed by atoms with Gasteiger partial charge in [0, 0.05) is 54.9 Å². The van der Waals surface area contributed by atoms with Gasteiger partial charge in [0.05, 0.1) is 0 Å². The van der Waals surface area contributed by atoms with Gasteiger partial charge in [-0.25, -0.2) is 9.59 Å². The van der Waals surface area contributed by atoms with Gasteiger partial charge in [0.25, 0.3) is 0 Å². The van der Waals surface area contributed by atoms with E-state index in [2.05, 4.69) is 34.3 Å². The van der Waals surface area contributed by atoms with Gasteiger partial charge in [-0.15, -0.1) is 0 Å². The summed E-state index contributed by atoms with van der Waals surface area (Å²) >= 11 is 0. The van der Waals surface area contributed by atoms with Crippen LogP contribution in [0.2, 0.25) is 0 Å². The minimum absolute atomic E-state index is 0.330. The lowest BCUT2D eigenvalue weighted by molar-refractivity contribution is -0.139. The molecular formula is C24H28N4O3. The number of urea groups is 1. The molecule has 1 fully saturated rings. The van der Waals surface area contributed by atoms with Crippen molar-refractivity contribution < 1.29 is 14.7 Å². The number of aryl methyl sites for hydroxylation is 1. The van der Waals surface area contributed by atoms with Crippen molar-refractivity contribution in [3.05, 3.63) is 65.9 Å². The number of hydrogen-bond donors (Lipinski definition) is 3. The number of aliphatic carboxylic acids is 1. The standard InChI is InChI=1S/C24H28N4O3/c1-16-7-3-6-10-21(16)27-11-13-28(14-12-27)24(31)26-22(23(29)30)17(2)19-15-25-20-9-5-4-8-18(19)20/h3-10,15,17,22,25H,11-14H2,1-2H3,(H,26,31)(H,29,30)/t17-,22+/m0/s1.